The number of benzene rings is 1. The minimum absolute atomic E-state index is 0.0756. The molecule has 1 amide bonds. The summed E-state index contributed by atoms with van der Waals surface area (Å²) in [7, 11) is 0. The third kappa shape index (κ3) is 3.41. The Balaban J connectivity index is 1.80. The van der Waals surface area contributed by atoms with Crippen LogP contribution in [0.1, 0.15) is 39.3 Å². The van der Waals surface area contributed by atoms with Crippen molar-refractivity contribution < 1.29 is 14.3 Å². The van der Waals surface area contributed by atoms with Crippen LogP contribution in [0.2, 0.25) is 5.02 Å². The summed E-state index contributed by atoms with van der Waals surface area (Å²) in [6, 6.07) is 8.59. The second-order valence-electron chi connectivity index (χ2n) is 5.57. The molecule has 124 valence electrons. The highest BCUT2D eigenvalue weighted by Gasteiger charge is 2.23. The molecule has 1 aromatic carbocycles. The van der Waals surface area contributed by atoms with Crippen LogP contribution in [0.3, 0.4) is 0 Å². The van der Waals surface area contributed by atoms with Gasteiger partial charge in [0.2, 0.25) is 0 Å². The number of nitrogens with zero attached hydrogens (tertiary/aromatic N) is 2. The van der Waals surface area contributed by atoms with E-state index in [1.54, 1.807) is 36.5 Å². The molecule has 0 atom stereocenters. The normalized spacial score (nSPS) is 13.8. The summed E-state index contributed by atoms with van der Waals surface area (Å²) in [5.41, 5.74) is 1.38. The number of amides is 1. The summed E-state index contributed by atoms with van der Waals surface area (Å²) < 4.78 is 5.72. The highest BCUT2D eigenvalue weighted by Crippen LogP contribution is 2.25. The third-order valence-electron chi connectivity index (χ3n) is 4.00. The lowest BCUT2D eigenvalue weighted by Gasteiger charge is -2.17. The molecule has 5 nitrogen and oxygen atoms in total. The van der Waals surface area contributed by atoms with Crippen molar-refractivity contribution in [2.75, 3.05) is 13.1 Å². The van der Waals surface area contributed by atoms with E-state index in [1.807, 2.05) is 4.90 Å². The van der Waals surface area contributed by atoms with Crippen molar-refractivity contribution >= 4 is 23.8 Å². The summed E-state index contributed by atoms with van der Waals surface area (Å²) in [4.78, 5) is 29.8. The van der Waals surface area contributed by atoms with Gasteiger partial charge in [-0.1, -0.05) is 23.7 Å². The van der Waals surface area contributed by atoms with Gasteiger partial charge in [0.15, 0.2) is 6.29 Å². The lowest BCUT2D eigenvalue weighted by atomic mass is 10.1. The maximum atomic E-state index is 12.6. The second kappa shape index (κ2) is 7.45. The molecule has 1 fully saturated rings. The van der Waals surface area contributed by atoms with E-state index in [9.17, 15) is 9.59 Å². The summed E-state index contributed by atoms with van der Waals surface area (Å²) >= 11 is 5.99. The van der Waals surface area contributed by atoms with E-state index in [1.165, 1.54) is 0 Å². The molecule has 0 radical (unpaired) electrons. The van der Waals surface area contributed by atoms with Gasteiger partial charge in [0, 0.05) is 24.8 Å². The van der Waals surface area contributed by atoms with Crippen LogP contribution in [0.4, 0.5) is 0 Å². The van der Waals surface area contributed by atoms with Gasteiger partial charge in [0.05, 0.1) is 10.6 Å². The van der Waals surface area contributed by atoms with Crippen LogP contribution < -0.4 is 4.74 Å². The second-order valence-corrected chi connectivity index (χ2v) is 5.98. The highest BCUT2D eigenvalue weighted by atomic mass is 35.5. The van der Waals surface area contributed by atoms with E-state index in [4.69, 9.17) is 16.3 Å². The van der Waals surface area contributed by atoms with Gasteiger partial charge in [-0.2, -0.15) is 0 Å². The number of carbonyl (C=O) groups excluding carboxylic acids is 2. The number of likely N-dealkylation sites (tertiary alicyclic amines) is 1. The number of ether oxygens (including phenoxy) is 1. The predicted octanol–water partition coefficient (Wildman–Crippen LogP) is 3.36. The fourth-order valence-electron chi connectivity index (χ4n) is 2.73. The topological polar surface area (TPSA) is 59.5 Å². The number of rotatable bonds is 5. The fraction of sp³-hybridized carbons (Fsp3) is 0.278. The Hall–Kier alpha value is -2.40. The van der Waals surface area contributed by atoms with Crippen LogP contribution in [-0.4, -0.2) is 35.2 Å². The maximum Gasteiger partial charge on any atom is 0.272 e. The fourth-order valence-corrected chi connectivity index (χ4v) is 2.94. The number of hydrogen-bond acceptors (Lipinski definition) is 4. The highest BCUT2D eigenvalue weighted by molar-refractivity contribution is 6.33. The zero-order valence-electron chi connectivity index (χ0n) is 13.1. The van der Waals surface area contributed by atoms with Gasteiger partial charge in [-0.15, -0.1) is 0 Å². The summed E-state index contributed by atoms with van der Waals surface area (Å²) in [6.45, 7) is 1.67. The minimum Gasteiger partial charge on any atom is -0.488 e. The summed E-state index contributed by atoms with van der Waals surface area (Å²) in [5, 5.41) is 0.335. The molecule has 1 aromatic heterocycles. The van der Waals surface area contributed by atoms with E-state index in [2.05, 4.69) is 4.98 Å². The molecule has 1 aliphatic rings. The molecule has 1 saturated heterocycles. The number of pyridine rings is 1. The molecule has 0 unspecified atom stereocenters. The number of aromatic nitrogens is 1. The largest absolute Gasteiger partial charge is 0.488 e. The molecular weight excluding hydrogens is 328 g/mol. The summed E-state index contributed by atoms with van der Waals surface area (Å²) in [5.74, 6) is 0.314. The third-order valence-corrected chi connectivity index (χ3v) is 4.33. The van der Waals surface area contributed by atoms with Crippen LogP contribution in [0, 0.1) is 0 Å². The lowest BCUT2D eigenvalue weighted by molar-refractivity contribution is 0.0783. The molecule has 24 heavy (non-hydrogen) atoms. The Bertz CT molecular complexity index is 758. The molecule has 0 bridgehead atoms. The monoisotopic (exact) mass is 344 g/mol. The van der Waals surface area contributed by atoms with Crippen LogP contribution in [0.5, 0.6) is 5.75 Å². The molecular formula is C18H17ClN2O3. The van der Waals surface area contributed by atoms with Crippen molar-refractivity contribution in [3.8, 4) is 5.75 Å². The Labute approximate surface area is 145 Å². The SMILES string of the molecule is O=Cc1c(Cl)cccc1OCc1cccnc1C(=O)N1CCCC1. The van der Waals surface area contributed by atoms with Crippen molar-refractivity contribution in [1.29, 1.82) is 0 Å². The molecule has 6 heteroatoms. The number of carbonyl (C=O) groups is 2. The summed E-state index contributed by atoms with van der Waals surface area (Å²) in [6.07, 6.45) is 4.31. The van der Waals surface area contributed by atoms with Crippen molar-refractivity contribution in [2.45, 2.75) is 19.4 Å². The van der Waals surface area contributed by atoms with E-state index in [0.717, 1.165) is 25.9 Å². The van der Waals surface area contributed by atoms with E-state index < -0.39 is 0 Å². The molecule has 0 N–H and O–H groups in total. The van der Waals surface area contributed by atoms with E-state index in [-0.39, 0.29) is 12.5 Å². The molecule has 2 heterocycles. The van der Waals surface area contributed by atoms with Gasteiger partial charge in [-0.3, -0.25) is 14.6 Å². The van der Waals surface area contributed by atoms with Gasteiger partial charge >= 0.3 is 0 Å². The molecule has 0 spiro atoms. The zero-order valence-corrected chi connectivity index (χ0v) is 13.8. The Morgan fingerprint density at radius 1 is 1.25 bits per heavy atom. The Kier molecular flexibility index (Phi) is 5.11. The number of halogens is 1. The molecule has 0 aliphatic carbocycles. The molecule has 1 aliphatic heterocycles. The zero-order chi connectivity index (χ0) is 16.9. The Morgan fingerprint density at radius 2 is 2.04 bits per heavy atom. The molecule has 3 rings (SSSR count). The lowest BCUT2D eigenvalue weighted by Crippen LogP contribution is -2.29. The predicted molar refractivity (Wildman–Crippen MR) is 90.5 cm³/mol. The van der Waals surface area contributed by atoms with Crippen LogP contribution in [-0.2, 0) is 6.61 Å². The van der Waals surface area contributed by atoms with Crippen molar-refractivity contribution in [3.63, 3.8) is 0 Å². The first-order valence-corrected chi connectivity index (χ1v) is 8.18. The standard InChI is InChI=1S/C18H17ClN2O3/c19-15-6-3-7-16(14(15)11-22)24-12-13-5-4-8-20-17(13)18(23)21-9-1-2-10-21/h3-8,11H,1-2,9-10,12H2. The number of hydrogen-bond donors (Lipinski definition) is 0. The van der Waals surface area contributed by atoms with Gasteiger partial charge in [0.25, 0.3) is 5.91 Å². The average Bonchev–Trinajstić information content (AvgIpc) is 3.14. The first-order chi connectivity index (χ1) is 11.7. The molecule has 0 saturated carbocycles. The van der Waals surface area contributed by atoms with Gasteiger partial charge in [0.1, 0.15) is 18.1 Å². The van der Waals surface area contributed by atoms with Gasteiger partial charge < -0.3 is 9.64 Å². The van der Waals surface area contributed by atoms with E-state index in [0.29, 0.717) is 33.9 Å². The molecule has 2 aromatic rings. The van der Waals surface area contributed by atoms with E-state index >= 15 is 0 Å². The van der Waals surface area contributed by atoms with Crippen LogP contribution in [0.15, 0.2) is 36.5 Å². The quantitative estimate of drug-likeness (QED) is 0.780. The van der Waals surface area contributed by atoms with Crippen LogP contribution in [0.25, 0.3) is 0 Å². The van der Waals surface area contributed by atoms with Crippen LogP contribution >= 0.6 is 11.6 Å². The van der Waals surface area contributed by atoms with Crippen molar-refractivity contribution in [1.82, 2.24) is 9.88 Å². The average molecular weight is 345 g/mol. The Morgan fingerprint density at radius 3 is 2.79 bits per heavy atom. The number of aldehydes is 1. The first kappa shape index (κ1) is 16.5. The van der Waals surface area contributed by atoms with Gasteiger partial charge in [-0.05, 0) is 31.0 Å². The minimum atomic E-state index is -0.0756. The van der Waals surface area contributed by atoms with Gasteiger partial charge in [-0.25, -0.2) is 0 Å². The van der Waals surface area contributed by atoms with Crippen molar-refractivity contribution in [2.24, 2.45) is 0 Å². The smallest absolute Gasteiger partial charge is 0.272 e. The first-order valence-electron chi connectivity index (χ1n) is 7.80. The van der Waals surface area contributed by atoms with Crippen molar-refractivity contribution in [3.05, 3.63) is 58.4 Å². The maximum absolute atomic E-state index is 12.6.